The van der Waals surface area contributed by atoms with E-state index < -0.39 is 24.4 Å². The van der Waals surface area contributed by atoms with Crippen LogP contribution >= 0.6 is 0 Å². The summed E-state index contributed by atoms with van der Waals surface area (Å²) in [6.07, 6.45) is 22.2. The first-order valence-corrected chi connectivity index (χ1v) is 13.1. The Kier molecular flexibility index (Phi) is 18.6. The molecule has 0 spiro atoms. The predicted molar refractivity (Wildman–Crippen MR) is 127 cm³/mol. The zero-order chi connectivity index (χ0) is 22.6. The van der Waals surface area contributed by atoms with Gasteiger partial charge < -0.3 is 24.8 Å². The van der Waals surface area contributed by atoms with E-state index in [9.17, 15) is 15.3 Å². The Bertz CT molecular complexity index is 413. The Morgan fingerprint density at radius 2 is 1.29 bits per heavy atom. The average Bonchev–Trinajstić information content (AvgIpc) is 2.78. The second kappa shape index (κ2) is 20.2. The maximum absolute atomic E-state index is 10.0. The first-order chi connectivity index (χ1) is 15.2. The fraction of sp³-hybridized carbons (Fsp3) is 0.923. The molecular weight excluding hydrogens is 392 g/mol. The van der Waals surface area contributed by atoms with E-state index in [2.05, 4.69) is 19.1 Å². The van der Waals surface area contributed by atoms with Crippen LogP contribution in [0, 0.1) is 0 Å². The molecule has 4 atom stereocenters. The van der Waals surface area contributed by atoms with Crippen LogP contribution in [0.5, 0.6) is 0 Å². The zero-order valence-electron chi connectivity index (χ0n) is 20.1. The molecule has 0 amide bonds. The molecule has 0 aromatic rings. The summed E-state index contributed by atoms with van der Waals surface area (Å²) in [6, 6.07) is 0. The first kappa shape index (κ1) is 28.6. The van der Waals surface area contributed by atoms with Gasteiger partial charge in [0.25, 0.3) is 0 Å². The molecule has 5 heteroatoms. The van der Waals surface area contributed by atoms with Gasteiger partial charge in [0.2, 0.25) is 0 Å². The minimum atomic E-state index is -0.990. The molecule has 1 aliphatic heterocycles. The summed E-state index contributed by atoms with van der Waals surface area (Å²) in [5.41, 5.74) is 0. The summed E-state index contributed by atoms with van der Waals surface area (Å²) in [7, 11) is 0. The molecule has 0 saturated carbocycles. The van der Waals surface area contributed by atoms with Crippen LogP contribution < -0.4 is 0 Å². The summed E-state index contributed by atoms with van der Waals surface area (Å²) in [5.74, 6) is 0. The van der Waals surface area contributed by atoms with Gasteiger partial charge in [0.05, 0.1) is 13.2 Å². The molecule has 0 aromatic heterocycles. The third kappa shape index (κ3) is 14.3. The number of ether oxygens (including phenoxy) is 2. The number of allylic oxidation sites excluding steroid dienone is 2. The number of aliphatic hydroxyl groups excluding tert-OH is 3. The molecule has 0 unspecified atom stereocenters. The van der Waals surface area contributed by atoms with Crippen molar-refractivity contribution in [1.82, 2.24) is 0 Å². The van der Waals surface area contributed by atoms with Crippen molar-refractivity contribution >= 4 is 0 Å². The van der Waals surface area contributed by atoms with E-state index >= 15 is 0 Å². The number of unbranched alkanes of at least 4 members (excludes halogenated alkanes) is 14. The Hall–Kier alpha value is -0.460. The minimum Gasteiger partial charge on any atom is -0.394 e. The zero-order valence-corrected chi connectivity index (χ0v) is 20.1. The molecule has 0 radical (unpaired) electrons. The van der Waals surface area contributed by atoms with Crippen molar-refractivity contribution in [2.75, 3.05) is 19.8 Å². The summed E-state index contributed by atoms with van der Waals surface area (Å²) in [6.45, 7) is 2.63. The molecule has 1 saturated heterocycles. The van der Waals surface area contributed by atoms with Crippen molar-refractivity contribution in [2.24, 2.45) is 0 Å². The van der Waals surface area contributed by atoms with Crippen LogP contribution in [0.2, 0.25) is 0 Å². The van der Waals surface area contributed by atoms with Gasteiger partial charge in [-0.1, -0.05) is 89.7 Å². The highest BCUT2D eigenvalue weighted by molar-refractivity contribution is 4.87. The second-order valence-electron chi connectivity index (χ2n) is 9.09. The van der Waals surface area contributed by atoms with E-state index in [4.69, 9.17) is 9.47 Å². The van der Waals surface area contributed by atoms with Crippen molar-refractivity contribution in [3.8, 4) is 0 Å². The summed E-state index contributed by atoms with van der Waals surface area (Å²) < 4.78 is 11.0. The second-order valence-corrected chi connectivity index (χ2v) is 9.09. The molecule has 5 nitrogen and oxygen atoms in total. The maximum Gasteiger partial charge on any atom is 0.114 e. The van der Waals surface area contributed by atoms with Gasteiger partial charge in [0.1, 0.15) is 24.4 Å². The van der Waals surface area contributed by atoms with Crippen LogP contribution in [0.3, 0.4) is 0 Å². The van der Waals surface area contributed by atoms with E-state index in [0.717, 1.165) is 12.8 Å². The van der Waals surface area contributed by atoms with Crippen molar-refractivity contribution in [3.05, 3.63) is 12.2 Å². The van der Waals surface area contributed by atoms with E-state index in [0.29, 0.717) is 6.61 Å². The number of hydrogen-bond acceptors (Lipinski definition) is 5. The Labute approximate surface area is 191 Å². The summed E-state index contributed by atoms with van der Waals surface area (Å²) in [4.78, 5) is 0. The number of rotatable bonds is 20. The molecular formula is C26H50O5. The lowest BCUT2D eigenvalue weighted by Crippen LogP contribution is -2.55. The molecule has 0 aliphatic carbocycles. The van der Waals surface area contributed by atoms with E-state index in [1.165, 1.54) is 89.9 Å². The topological polar surface area (TPSA) is 79.2 Å². The molecule has 1 aliphatic rings. The van der Waals surface area contributed by atoms with Gasteiger partial charge >= 0.3 is 0 Å². The van der Waals surface area contributed by atoms with Crippen LogP contribution in [-0.4, -0.2) is 59.6 Å². The molecule has 3 N–H and O–H groups in total. The van der Waals surface area contributed by atoms with E-state index in [1.807, 2.05) is 0 Å². The quantitative estimate of drug-likeness (QED) is 0.176. The maximum atomic E-state index is 10.0. The van der Waals surface area contributed by atoms with Crippen molar-refractivity contribution in [1.29, 1.82) is 0 Å². The highest BCUT2D eigenvalue weighted by Crippen LogP contribution is 2.19. The summed E-state index contributed by atoms with van der Waals surface area (Å²) in [5, 5.41) is 29.0. The summed E-state index contributed by atoms with van der Waals surface area (Å²) >= 11 is 0. The van der Waals surface area contributed by atoms with Gasteiger partial charge in [0.15, 0.2) is 0 Å². The third-order valence-electron chi connectivity index (χ3n) is 6.22. The molecule has 31 heavy (non-hydrogen) atoms. The average molecular weight is 443 g/mol. The number of aliphatic hydroxyl groups is 3. The largest absolute Gasteiger partial charge is 0.394 e. The van der Waals surface area contributed by atoms with Gasteiger partial charge in [-0.25, -0.2) is 0 Å². The van der Waals surface area contributed by atoms with Crippen LogP contribution in [-0.2, 0) is 9.47 Å². The monoisotopic (exact) mass is 442 g/mol. The fourth-order valence-electron chi connectivity index (χ4n) is 4.14. The Morgan fingerprint density at radius 3 is 1.84 bits per heavy atom. The molecule has 1 heterocycles. The van der Waals surface area contributed by atoms with E-state index in [1.54, 1.807) is 0 Å². The predicted octanol–water partition coefficient (Wildman–Crippen LogP) is 5.30. The lowest BCUT2D eigenvalue weighted by Gasteiger charge is -2.37. The lowest BCUT2D eigenvalue weighted by molar-refractivity contribution is -0.211. The first-order valence-electron chi connectivity index (χ1n) is 13.1. The van der Waals surface area contributed by atoms with Crippen LogP contribution in [0.15, 0.2) is 12.2 Å². The van der Waals surface area contributed by atoms with Crippen LogP contribution in [0.1, 0.15) is 110 Å². The Morgan fingerprint density at radius 1 is 0.774 bits per heavy atom. The number of hydrogen-bond donors (Lipinski definition) is 3. The SMILES string of the molecule is CCCCCCCC/C=C/CCCCCCCCCCO[C@@H]1[C@@H](O)[C@H](O)CO[C@H]1CO. The van der Waals surface area contributed by atoms with Crippen LogP contribution in [0.4, 0.5) is 0 Å². The molecule has 0 aromatic carbocycles. The van der Waals surface area contributed by atoms with Crippen molar-refractivity contribution in [3.63, 3.8) is 0 Å². The highest BCUT2D eigenvalue weighted by Gasteiger charge is 2.39. The smallest absolute Gasteiger partial charge is 0.114 e. The van der Waals surface area contributed by atoms with E-state index in [-0.39, 0.29) is 13.2 Å². The van der Waals surface area contributed by atoms with Crippen molar-refractivity contribution < 1.29 is 24.8 Å². The van der Waals surface area contributed by atoms with Crippen LogP contribution in [0.25, 0.3) is 0 Å². The van der Waals surface area contributed by atoms with Gasteiger partial charge in [0, 0.05) is 6.61 Å². The van der Waals surface area contributed by atoms with Gasteiger partial charge in [-0.05, 0) is 32.1 Å². The van der Waals surface area contributed by atoms with Gasteiger partial charge in [-0.15, -0.1) is 0 Å². The highest BCUT2D eigenvalue weighted by atomic mass is 16.6. The molecule has 1 fully saturated rings. The Balaban J connectivity index is 1.84. The fourth-order valence-corrected chi connectivity index (χ4v) is 4.14. The third-order valence-corrected chi connectivity index (χ3v) is 6.22. The van der Waals surface area contributed by atoms with Crippen molar-refractivity contribution in [2.45, 2.75) is 134 Å². The molecule has 0 bridgehead atoms. The lowest BCUT2D eigenvalue weighted by atomic mass is 10.0. The minimum absolute atomic E-state index is 0.0434. The normalized spacial score (nSPS) is 24.3. The molecule has 1 rings (SSSR count). The molecule has 184 valence electrons. The van der Waals surface area contributed by atoms with Gasteiger partial charge in [-0.3, -0.25) is 0 Å². The standard InChI is InChI=1S/C26H50O5/c1-2-3-4-5-6-7-8-9-10-11-12-13-14-15-16-17-18-19-20-30-26-24(21-27)31-22-23(28)25(26)29/h9-10,23-29H,2-8,11-22H2,1H3/b10-9+/t23-,24+,25+,26+/m1/s1. The van der Waals surface area contributed by atoms with Gasteiger partial charge in [-0.2, -0.15) is 0 Å².